The molecule has 150 valence electrons. The zero-order valence-electron chi connectivity index (χ0n) is 15.3. The molecule has 0 aliphatic heterocycles. The zero-order valence-corrected chi connectivity index (χ0v) is 16.1. The first kappa shape index (κ1) is 19.3. The van der Waals surface area contributed by atoms with Crippen LogP contribution in [0.1, 0.15) is 0 Å². The van der Waals surface area contributed by atoms with Crippen molar-refractivity contribution in [3.63, 3.8) is 0 Å². The second-order valence-electron chi connectivity index (χ2n) is 6.42. The molecule has 0 aliphatic carbocycles. The molecule has 0 spiro atoms. The third kappa shape index (κ3) is 3.78. The number of nitro groups is 1. The Morgan fingerprint density at radius 1 is 0.900 bits per heavy atom. The summed E-state index contributed by atoms with van der Waals surface area (Å²) in [4.78, 5) is 22.8. The first-order valence-electron chi connectivity index (χ1n) is 8.74. The third-order valence-electron chi connectivity index (χ3n) is 4.43. The highest BCUT2D eigenvalue weighted by Gasteiger charge is 2.15. The smallest absolute Gasteiger partial charge is 0.344 e. The lowest BCUT2D eigenvalue weighted by Gasteiger charge is -2.09. The lowest BCUT2D eigenvalue weighted by molar-refractivity contribution is -0.384. The predicted molar refractivity (Wildman–Crippen MR) is 112 cm³/mol. The number of nitrogens with one attached hydrogen (secondary N) is 1. The maximum absolute atomic E-state index is 12.5. The van der Waals surface area contributed by atoms with Gasteiger partial charge in [-0.15, -0.1) is 0 Å². The molecule has 8 nitrogen and oxygen atoms in total. The summed E-state index contributed by atoms with van der Waals surface area (Å²) in [6, 6.07) is 19.7. The lowest BCUT2D eigenvalue weighted by atomic mass is 10.1. The van der Waals surface area contributed by atoms with E-state index in [4.69, 9.17) is 4.42 Å². The van der Waals surface area contributed by atoms with Gasteiger partial charge in [0.1, 0.15) is 5.58 Å². The van der Waals surface area contributed by atoms with Gasteiger partial charge in [-0.25, -0.2) is 13.2 Å². The Balaban J connectivity index is 1.69. The van der Waals surface area contributed by atoms with Gasteiger partial charge in [0.2, 0.25) is 0 Å². The Hall–Kier alpha value is -3.98. The lowest BCUT2D eigenvalue weighted by Crippen LogP contribution is -2.12. The Morgan fingerprint density at radius 3 is 2.27 bits per heavy atom. The van der Waals surface area contributed by atoms with E-state index in [0.717, 1.165) is 0 Å². The summed E-state index contributed by atoms with van der Waals surface area (Å²) in [5.74, 6) is 0. The Bertz CT molecular complexity index is 1410. The highest BCUT2D eigenvalue weighted by molar-refractivity contribution is 7.92. The number of non-ortho nitro benzene ring substituents is 1. The van der Waals surface area contributed by atoms with Gasteiger partial charge >= 0.3 is 5.63 Å². The molecule has 0 atom stereocenters. The van der Waals surface area contributed by atoms with E-state index >= 15 is 0 Å². The van der Waals surface area contributed by atoms with Gasteiger partial charge in [-0.05, 0) is 48.0 Å². The quantitative estimate of drug-likeness (QED) is 0.293. The van der Waals surface area contributed by atoms with Gasteiger partial charge in [-0.3, -0.25) is 14.8 Å². The van der Waals surface area contributed by atoms with E-state index in [-0.39, 0.29) is 27.4 Å². The number of fused-ring (bicyclic) bond motifs is 1. The van der Waals surface area contributed by atoms with Crippen LogP contribution >= 0.6 is 0 Å². The van der Waals surface area contributed by atoms with Gasteiger partial charge in [-0.2, -0.15) is 0 Å². The topological polar surface area (TPSA) is 120 Å². The van der Waals surface area contributed by atoms with Crippen molar-refractivity contribution < 1.29 is 17.8 Å². The highest BCUT2D eigenvalue weighted by Crippen LogP contribution is 2.26. The molecule has 0 aliphatic rings. The number of nitro benzene ring substituents is 1. The third-order valence-corrected chi connectivity index (χ3v) is 5.83. The average Bonchev–Trinajstić information content (AvgIpc) is 2.73. The molecular weight excluding hydrogens is 408 g/mol. The summed E-state index contributed by atoms with van der Waals surface area (Å²) in [5, 5.41) is 11.4. The highest BCUT2D eigenvalue weighted by atomic mass is 32.2. The van der Waals surface area contributed by atoms with Crippen LogP contribution in [0.3, 0.4) is 0 Å². The number of hydrogen-bond acceptors (Lipinski definition) is 6. The summed E-state index contributed by atoms with van der Waals surface area (Å²) in [6.07, 6.45) is 0. The number of sulfonamides is 1. The van der Waals surface area contributed by atoms with E-state index in [1.807, 2.05) is 0 Å². The molecule has 0 unspecified atom stereocenters. The van der Waals surface area contributed by atoms with Crippen molar-refractivity contribution in [3.8, 4) is 11.1 Å². The molecule has 0 radical (unpaired) electrons. The van der Waals surface area contributed by atoms with Crippen LogP contribution in [0.2, 0.25) is 0 Å². The molecular formula is C21H14N2O6S. The van der Waals surface area contributed by atoms with Crippen LogP contribution < -0.4 is 10.3 Å². The van der Waals surface area contributed by atoms with Crippen LogP contribution in [0.5, 0.6) is 0 Å². The molecule has 9 heteroatoms. The second kappa shape index (κ2) is 7.45. The molecule has 0 bridgehead atoms. The van der Waals surface area contributed by atoms with E-state index in [1.165, 1.54) is 42.5 Å². The summed E-state index contributed by atoms with van der Waals surface area (Å²) in [7, 11) is -3.78. The van der Waals surface area contributed by atoms with Crippen molar-refractivity contribution in [2.75, 3.05) is 4.72 Å². The van der Waals surface area contributed by atoms with E-state index in [2.05, 4.69) is 4.72 Å². The van der Waals surface area contributed by atoms with E-state index in [0.29, 0.717) is 10.9 Å². The van der Waals surface area contributed by atoms with Crippen molar-refractivity contribution in [3.05, 3.63) is 99.4 Å². The standard InChI is InChI=1S/C21H14N2O6S/c24-21-19(14-7-10-17(11-8-14)23(25)26)12-15-6-9-16(13-20(15)29-21)22-30(27,28)18-4-2-1-3-5-18/h1-13,22H. The van der Waals surface area contributed by atoms with Gasteiger partial charge in [0, 0.05) is 23.6 Å². The fraction of sp³-hybridized carbons (Fsp3) is 0. The van der Waals surface area contributed by atoms with Crippen molar-refractivity contribution >= 4 is 32.4 Å². The molecule has 0 fully saturated rings. The molecule has 4 rings (SSSR count). The summed E-state index contributed by atoms with van der Waals surface area (Å²) in [6.45, 7) is 0. The van der Waals surface area contributed by atoms with Crippen LogP contribution in [0.15, 0.2) is 93.0 Å². The average molecular weight is 422 g/mol. The van der Waals surface area contributed by atoms with Crippen molar-refractivity contribution in [1.82, 2.24) is 0 Å². The van der Waals surface area contributed by atoms with Crippen molar-refractivity contribution in [1.29, 1.82) is 0 Å². The number of anilines is 1. The number of benzene rings is 3. The SMILES string of the molecule is O=c1oc2cc(NS(=O)(=O)c3ccccc3)ccc2cc1-c1ccc([N+](=O)[O-])cc1. The molecule has 1 N–H and O–H groups in total. The molecule has 1 heterocycles. The summed E-state index contributed by atoms with van der Waals surface area (Å²) in [5.41, 5.74) is 0.454. The van der Waals surface area contributed by atoms with Crippen LogP contribution in [-0.4, -0.2) is 13.3 Å². The van der Waals surface area contributed by atoms with Crippen LogP contribution in [0, 0.1) is 10.1 Å². The Labute approximate surface area is 170 Å². The maximum Gasteiger partial charge on any atom is 0.344 e. The van der Waals surface area contributed by atoms with Gasteiger partial charge in [-0.1, -0.05) is 18.2 Å². The number of rotatable bonds is 5. The van der Waals surface area contributed by atoms with Gasteiger partial charge in [0.15, 0.2) is 0 Å². The zero-order chi connectivity index (χ0) is 21.3. The van der Waals surface area contributed by atoms with Crippen molar-refractivity contribution in [2.45, 2.75) is 4.90 Å². The monoisotopic (exact) mass is 422 g/mol. The van der Waals surface area contributed by atoms with Gasteiger partial charge in [0.25, 0.3) is 15.7 Å². The fourth-order valence-corrected chi connectivity index (χ4v) is 4.02. The first-order chi connectivity index (χ1) is 14.3. The molecule has 1 aromatic heterocycles. The number of hydrogen-bond donors (Lipinski definition) is 1. The summed E-state index contributed by atoms with van der Waals surface area (Å²) >= 11 is 0. The largest absolute Gasteiger partial charge is 0.422 e. The van der Waals surface area contributed by atoms with E-state index in [1.54, 1.807) is 36.4 Å². The minimum atomic E-state index is -3.78. The van der Waals surface area contributed by atoms with E-state index < -0.39 is 20.6 Å². The Morgan fingerprint density at radius 2 is 1.60 bits per heavy atom. The van der Waals surface area contributed by atoms with Gasteiger partial charge in [0.05, 0.1) is 21.1 Å². The molecule has 0 amide bonds. The fourth-order valence-electron chi connectivity index (χ4n) is 2.95. The Kier molecular flexibility index (Phi) is 4.80. The van der Waals surface area contributed by atoms with Crippen molar-refractivity contribution in [2.24, 2.45) is 0 Å². The molecule has 4 aromatic rings. The normalized spacial score (nSPS) is 11.3. The first-order valence-corrected chi connectivity index (χ1v) is 10.2. The molecule has 30 heavy (non-hydrogen) atoms. The van der Waals surface area contributed by atoms with Crippen LogP contribution in [-0.2, 0) is 10.0 Å². The minimum absolute atomic E-state index is 0.0840. The molecule has 0 saturated carbocycles. The minimum Gasteiger partial charge on any atom is -0.422 e. The second-order valence-corrected chi connectivity index (χ2v) is 8.11. The molecule has 3 aromatic carbocycles. The van der Waals surface area contributed by atoms with Gasteiger partial charge < -0.3 is 4.42 Å². The summed E-state index contributed by atoms with van der Waals surface area (Å²) < 4.78 is 32.8. The predicted octanol–water partition coefficient (Wildman–Crippen LogP) is 4.17. The van der Waals surface area contributed by atoms with Crippen LogP contribution in [0.4, 0.5) is 11.4 Å². The van der Waals surface area contributed by atoms with Crippen LogP contribution in [0.25, 0.3) is 22.1 Å². The van der Waals surface area contributed by atoms with E-state index in [9.17, 15) is 23.3 Å². The maximum atomic E-state index is 12.5. The number of nitrogens with zero attached hydrogens (tertiary/aromatic N) is 1. The molecule has 0 saturated heterocycles.